The summed E-state index contributed by atoms with van der Waals surface area (Å²) in [5.41, 5.74) is 12.9. The summed E-state index contributed by atoms with van der Waals surface area (Å²) in [5, 5.41) is 23.9. The van der Waals surface area contributed by atoms with E-state index in [0.29, 0.717) is 19.4 Å². The summed E-state index contributed by atoms with van der Waals surface area (Å²) in [5.74, 6) is -0.105. The average Bonchev–Trinajstić information content (AvgIpc) is 3.56. The van der Waals surface area contributed by atoms with Gasteiger partial charge < -0.3 is 36.1 Å². The number of benzene rings is 2. The summed E-state index contributed by atoms with van der Waals surface area (Å²) in [4.78, 5) is 10.8. The summed E-state index contributed by atoms with van der Waals surface area (Å²) in [6, 6.07) is 15.7. The molecule has 6 atom stereocenters. The first kappa shape index (κ1) is 31.7. The highest BCUT2D eigenvalue weighted by molar-refractivity contribution is 7.92. The molecule has 0 radical (unpaired) electrons. The number of nitrogen functional groups attached to an aromatic ring is 1. The van der Waals surface area contributed by atoms with Crippen molar-refractivity contribution in [2.75, 3.05) is 18.9 Å². The molecule has 4 rings (SSSR count). The molecule has 0 saturated carbocycles. The Labute approximate surface area is 247 Å². The Kier molecular flexibility index (Phi) is 9.80. The minimum atomic E-state index is -4.45. The molecule has 228 valence electrons. The first-order valence-electron chi connectivity index (χ1n) is 14.0. The van der Waals surface area contributed by atoms with Gasteiger partial charge in [0.2, 0.25) is 0 Å². The van der Waals surface area contributed by atoms with Crippen molar-refractivity contribution in [3.63, 3.8) is 0 Å². The van der Waals surface area contributed by atoms with Crippen molar-refractivity contribution in [3.05, 3.63) is 60.2 Å². The minimum absolute atomic E-state index is 0.0669. The lowest BCUT2D eigenvalue weighted by Crippen LogP contribution is -2.65. The van der Waals surface area contributed by atoms with E-state index < -0.39 is 50.8 Å². The zero-order valence-electron chi connectivity index (χ0n) is 23.9. The summed E-state index contributed by atoms with van der Waals surface area (Å²) < 4.78 is 45.3. The molecule has 1 amide bonds. The summed E-state index contributed by atoms with van der Waals surface area (Å²) in [6.07, 6.45) is -2.54. The predicted molar refractivity (Wildman–Crippen MR) is 155 cm³/mol. The van der Waals surface area contributed by atoms with Gasteiger partial charge in [-0.25, -0.2) is 13.2 Å². The van der Waals surface area contributed by atoms with Crippen LogP contribution in [-0.2, 0) is 30.5 Å². The number of ether oxygens (including phenoxy) is 3. The summed E-state index contributed by atoms with van der Waals surface area (Å²) >= 11 is 0. The van der Waals surface area contributed by atoms with Gasteiger partial charge in [0.15, 0.2) is 21.0 Å². The number of sulfone groups is 1. The Balaban J connectivity index is 1.69. The number of rotatable bonds is 12. The van der Waals surface area contributed by atoms with Gasteiger partial charge in [0, 0.05) is 12.1 Å². The summed E-state index contributed by atoms with van der Waals surface area (Å²) in [6.45, 7) is 4.26. The van der Waals surface area contributed by atoms with E-state index in [0.717, 1.165) is 5.56 Å². The molecule has 0 spiro atoms. The maximum atomic E-state index is 14.3. The second kappa shape index (κ2) is 13.0. The van der Waals surface area contributed by atoms with E-state index in [2.05, 4.69) is 11.4 Å². The standard InChI is InChI=1S/C30H40N4O7S/c1-29(2,13-7-14-31)19-30(33,42(37,38)22-11-6-10-21(32)17-22)26(35)24(16-20-8-4-3-5-9-20)34-28(36)41-25-18-40-27-23(25)12-15-39-27/h3-6,8-11,17,23-27,35H,7,12-13,15-16,18-19,32-33H2,1-2H3,(H,34,36)/t23-,24-,25-,26+,27+,30?/m0/s1. The smallest absolute Gasteiger partial charge is 0.407 e. The molecule has 0 bridgehead atoms. The van der Waals surface area contributed by atoms with Crippen molar-refractivity contribution in [1.29, 1.82) is 5.26 Å². The number of alkyl carbamates (subject to hydrolysis) is 1. The number of fused-ring (bicyclic) bond motifs is 1. The molecule has 2 aromatic rings. The minimum Gasteiger partial charge on any atom is -0.443 e. The van der Waals surface area contributed by atoms with Crippen LogP contribution in [0.5, 0.6) is 0 Å². The maximum absolute atomic E-state index is 14.3. The number of nitrogens with one attached hydrogen (secondary N) is 1. The molecule has 2 aliphatic heterocycles. The van der Waals surface area contributed by atoms with E-state index in [4.69, 9.17) is 25.7 Å². The fourth-order valence-electron chi connectivity index (χ4n) is 5.81. The van der Waals surface area contributed by atoms with Crippen molar-refractivity contribution >= 4 is 21.6 Å². The predicted octanol–water partition coefficient (Wildman–Crippen LogP) is 2.88. The molecule has 2 heterocycles. The topological polar surface area (TPSA) is 187 Å². The molecule has 2 aliphatic rings. The van der Waals surface area contributed by atoms with Crippen molar-refractivity contribution in [2.24, 2.45) is 17.1 Å². The van der Waals surface area contributed by atoms with E-state index in [-0.39, 0.29) is 42.4 Å². The first-order chi connectivity index (χ1) is 19.9. The van der Waals surface area contributed by atoms with Crippen molar-refractivity contribution < 1.29 is 32.5 Å². The lowest BCUT2D eigenvalue weighted by Gasteiger charge is -2.42. The molecular weight excluding hydrogens is 560 g/mol. The number of nitrogens with zero attached hydrogens (tertiary/aromatic N) is 1. The third kappa shape index (κ3) is 7.04. The van der Waals surface area contributed by atoms with Gasteiger partial charge in [-0.2, -0.15) is 5.26 Å². The van der Waals surface area contributed by atoms with E-state index in [1.165, 1.54) is 18.2 Å². The van der Waals surface area contributed by atoms with Gasteiger partial charge in [0.25, 0.3) is 0 Å². The largest absolute Gasteiger partial charge is 0.443 e. The first-order valence-corrected chi connectivity index (χ1v) is 15.5. The van der Waals surface area contributed by atoms with Crippen LogP contribution in [-0.4, -0.2) is 62.2 Å². The van der Waals surface area contributed by atoms with Crippen LogP contribution in [0.4, 0.5) is 10.5 Å². The molecule has 2 fully saturated rings. The fourth-order valence-corrected chi connectivity index (χ4v) is 7.86. The molecular formula is C30H40N4O7S. The maximum Gasteiger partial charge on any atom is 0.407 e. The Hall–Kier alpha value is -3.21. The van der Waals surface area contributed by atoms with E-state index in [9.17, 15) is 23.6 Å². The highest BCUT2D eigenvalue weighted by atomic mass is 32.2. The highest BCUT2D eigenvalue weighted by Gasteiger charge is 2.53. The number of nitriles is 1. The molecule has 0 aliphatic carbocycles. The van der Waals surface area contributed by atoms with Crippen molar-refractivity contribution in [1.82, 2.24) is 5.32 Å². The number of anilines is 1. The average molecular weight is 601 g/mol. The van der Waals surface area contributed by atoms with Crippen LogP contribution >= 0.6 is 0 Å². The number of nitrogens with two attached hydrogens (primary N) is 2. The Morgan fingerprint density at radius 3 is 2.64 bits per heavy atom. The Morgan fingerprint density at radius 1 is 1.21 bits per heavy atom. The molecule has 12 heteroatoms. The third-order valence-electron chi connectivity index (χ3n) is 8.06. The Bertz CT molecular complexity index is 1380. The molecule has 2 saturated heterocycles. The SMILES string of the molecule is CC(C)(CCC#N)CC(N)([C@H](O)[C@H](Cc1ccccc1)NC(=O)O[C@H]1CO[C@H]2OCC[C@H]21)S(=O)(=O)c1cccc(N)c1. The van der Waals surface area contributed by atoms with E-state index >= 15 is 0 Å². The molecule has 0 aromatic heterocycles. The fraction of sp³-hybridized carbons (Fsp3) is 0.533. The number of aliphatic hydroxyl groups excluding tert-OH is 1. The van der Waals surface area contributed by atoms with Gasteiger partial charge in [0.1, 0.15) is 12.2 Å². The number of aliphatic hydroxyl groups is 1. The second-order valence-corrected chi connectivity index (χ2v) is 14.1. The van der Waals surface area contributed by atoms with Gasteiger partial charge in [0.05, 0.1) is 36.1 Å². The lowest BCUT2D eigenvalue weighted by atomic mass is 9.79. The van der Waals surface area contributed by atoms with Gasteiger partial charge in [-0.05, 0) is 54.9 Å². The number of carbonyl (C=O) groups is 1. The number of carbonyl (C=O) groups excluding carboxylic acids is 1. The van der Waals surface area contributed by atoms with Crippen molar-refractivity contribution in [2.45, 2.75) is 80.3 Å². The zero-order chi connectivity index (χ0) is 30.5. The van der Waals surface area contributed by atoms with Crippen LogP contribution in [0.2, 0.25) is 0 Å². The number of hydrogen-bond acceptors (Lipinski definition) is 10. The monoisotopic (exact) mass is 600 g/mol. The van der Waals surface area contributed by atoms with Crippen LogP contribution in [0.1, 0.15) is 45.1 Å². The van der Waals surface area contributed by atoms with Crippen LogP contribution in [0.25, 0.3) is 0 Å². The molecule has 2 aromatic carbocycles. The zero-order valence-corrected chi connectivity index (χ0v) is 24.8. The van der Waals surface area contributed by atoms with Crippen LogP contribution in [0.3, 0.4) is 0 Å². The third-order valence-corrected chi connectivity index (χ3v) is 10.3. The lowest BCUT2D eigenvalue weighted by molar-refractivity contribution is -0.0907. The van der Waals surface area contributed by atoms with Crippen molar-refractivity contribution in [3.8, 4) is 6.07 Å². The quantitative estimate of drug-likeness (QED) is 0.264. The molecule has 42 heavy (non-hydrogen) atoms. The van der Waals surface area contributed by atoms with Crippen LogP contribution in [0.15, 0.2) is 59.5 Å². The van der Waals surface area contributed by atoms with Gasteiger partial charge >= 0.3 is 6.09 Å². The van der Waals surface area contributed by atoms with Crippen LogP contribution < -0.4 is 16.8 Å². The van der Waals surface area contributed by atoms with E-state index in [1.807, 2.05) is 6.07 Å². The van der Waals surface area contributed by atoms with E-state index in [1.54, 1.807) is 44.2 Å². The van der Waals surface area contributed by atoms with Crippen LogP contribution in [0, 0.1) is 22.7 Å². The summed E-state index contributed by atoms with van der Waals surface area (Å²) in [7, 11) is -4.45. The van der Waals surface area contributed by atoms with Gasteiger partial charge in [-0.15, -0.1) is 0 Å². The Morgan fingerprint density at radius 2 is 1.95 bits per heavy atom. The normalized spacial score (nSPS) is 23.3. The molecule has 11 nitrogen and oxygen atoms in total. The number of amides is 1. The molecule has 1 unspecified atom stereocenters. The molecule has 6 N–H and O–H groups in total. The highest BCUT2D eigenvalue weighted by Crippen LogP contribution is 2.40. The second-order valence-electron chi connectivity index (χ2n) is 11.9. The van der Waals surface area contributed by atoms with Gasteiger partial charge in [-0.1, -0.05) is 50.2 Å². The van der Waals surface area contributed by atoms with Gasteiger partial charge in [-0.3, -0.25) is 0 Å². The number of hydrogen-bond donors (Lipinski definition) is 4.